The van der Waals surface area contributed by atoms with E-state index in [4.69, 9.17) is 11.6 Å². The van der Waals surface area contributed by atoms with Crippen molar-refractivity contribution in [2.24, 2.45) is 0 Å². The summed E-state index contributed by atoms with van der Waals surface area (Å²) in [5.41, 5.74) is 2.20. The van der Waals surface area contributed by atoms with Crippen molar-refractivity contribution in [3.8, 4) is 0 Å². The van der Waals surface area contributed by atoms with E-state index >= 15 is 0 Å². The van der Waals surface area contributed by atoms with E-state index in [-0.39, 0.29) is 24.1 Å². The number of carbonyl (C=O) groups excluding carboxylic acids is 3. The molecule has 3 N–H and O–H groups in total. The number of benzene rings is 2. The summed E-state index contributed by atoms with van der Waals surface area (Å²) in [6, 6.07) is 12.5. The fraction of sp³-hybridized carbons (Fsp3) is 0.211. The third kappa shape index (κ3) is 5.24. The maximum atomic E-state index is 12.3. The SMILES string of the molecule is CC(=O)Nc1cccc(CNC(=O)C[C@H]2Sc3ccc(Cl)cc3NC2=O)c1. The quantitative estimate of drug-likeness (QED) is 0.713. The van der Waals surface area contributed by atoms with Gasteiger partial charge in [0, 0.05) is 35.5 Å². The van der Waals surface area contributed by atoms with Crippen molar-refractivity contribution in [3.63, 3.8) is 0 Å². The molecule has 27 heavy (non-hydrogen) atoms. The molecule has 0 fully saturated rings. The molecule has 0 saturated heterocycles. The minimum Gasteiger partial charge on any atom is -0.352 e. The van der Waals surface area contributed by atoms with E-state index in [1.807, 2.05) is 12.1 Å². The van der Waals surface area contributed by atoms with E-state index in [1.165, 1.54) is 18.7 Å². The maximum Gasteiger partial charge on any atom is 0.238 e. The molecule has 1 atom stereocenters. The van der Waals surface area contributed by atoms with E-state index < -0.39 is 5.25 Å². The Kier molecular flexibility index (Phi) is 6.03. The molecule has 2 aromatic rings. The Morgan fingerprint density at radius 1 is 1.22 bits per heavy atom. The highest BCUT2D eigenvalue weighted by Gasteiger charge is 2.29. The standard InChI is InChI=1S/C19H18ClN3O3S/c1-11(24)22-14-4-2-3-12(7-14)10-21-18(25)9-17-19(26)23-15-8-13(20)5-6-16(15)27-17/h2-8,17H,9-10H2,1H3,(H,21,25)(H,22,24)(H,23,26)/t17-/m1/s1. The van der Waals surface area contributed by atoms with Gasteiger partial charge in [0.25, 0.3) is 0 Å². The van der Waals surface area contributed by atoms with Crippen molar-refractivity contribution in [2.45, 2.75) is 30.0 Å². The summed E-state index contributed by atoms with van der Waals surface area (Å²) in [5.74, 6) is -0.583. The molecule has 0 bridgehead atoms. The average Bonchev–Trinajstić information content (AvgIpc) is 2.60. The molecule has 0 unspecified atom stereocenters. The zero-order chi connectivity index (χ0) is 19.4. The van der Waals surface area contributed by atoms with Crippen LogP contribution in [0.4, 0.5) is 11.4 Å². The summed E-state index contributed by atoms with van der Waals surface area (Å²) >= 11 is 7.29. The van der Waals surface area contributed by atoms with E-state index in [0.29, 0.717) is 22.9 Å². The predicted molar refractivity (Wildman–Crippen MR) is 107 cm³/mol. The topological polar surface area (TPSA) is 87.3 Å². The number of anilines is 2. The molecule has 3 amide bonds. The molecular formula is C19H18ClN3O3S. The second-order valence-electron chi connectivity index (χ2n) is 6.10. The van der Waals surface area contributed by atoms with E-state index in [0.717, 1.165) is 10.5 Å². The fourth-order valence-corrected chi connectivity index (χ4v) is 3.92. The molecule has 0 radical (unpaired) electrons. The van der Waals surface area contributed by atoms with Gasteiger partial charge in [-0.05, 0) is 35.9 Å². The molecular weight excluding hydrogens is 386 g/mol. The van der Waals surface area contributed by atoms with Crippen LogP contribution in [0.1, 0.15) is 18.9 Å². The Bertz CT molecular complexity index is 904. The molecule has 0 aliphatic carbocycles. The Hall–Kier alpha value is -2.51. The summed E-state index contributed by atoms with van der Waals surface area (Å²) in [6.07, 6.45) is 0.0734. The number of carbonyl (C=O) groups is 3. The van der Waals surface area contributed by atoms with E-state index in [9.17, 15) is 14.4 Å². The first-order valence-electron chi connectivity index (χ1n) is 8.31. The Morgan fingerprint density at radius 3 is 2.81 bits per heavy atom. The van der Waals surface area contributed by atoms with Gasteiger partial charge in [0.05, 0.1) is 10.9 Å². The average molecular weight is 404 g/mol. The van der Waals surface area contributed by atoms with Crippen molar-refractivity contribution in [3.05, 3.63) is 53.1 Å². The van der Waals surface area contributed by atoms with Crippen LogP contribution in [0.15, 0.2) is 47.4 Å². The lowest BCUT2D eigenvalue weighted by atomic mass is 10.2. The normalized spacial score (nSPS) is 15.5. The molecule has 1 aliphatic heterocycles. The molecule has 1 heterocycles. The van der Waals surface area contributed by atoms with Gasteiger partial charge in [-0.1, -0.05) is 23.7 Å². The summed E-state index contributed by atoms with van der Waals surface area (Å²) in [5, 5.41) is 8.36. The van der Waals surface area contributed by atoms with E-state index in [2.05, 4.69) is 16.0 Å². The first kappa shape index (κ1) is 19.3. The van der Waals surface area contributed by atoms with Gasteiger partial charge >= 0.3 is 0 Å². The van der Waals surface area contributed by atoms with Crippen LogP contribution >= 0.6 is 23.4 Å². The summed E-state index contributed by atoms with van der Waals surface area (Å²) in [7, 11) is 0. The number of thioether (sulfide) groups is 1. The summed E-state index contributed by atoms with van der Waals surface area (Å²) < 4.78 is 0. The number of fused-ring (bicyclic) bond motifs is 1. The van der Waals surface area contributed by atoms with Crippen LogP contribution in [-0.2, 0) is 20.9 Å². The van der Waals surface area contributed by atoms with Gasteiger partial charge in [-0.25, -0.2) is 0 Å². The smallest absolute Gasteiger partial charge is 0.238 e. The molecule has 140 valence electrons. The van der Waals surface area contributed by atoms with Crippen LogP contribution in [-0.4, -0.2) is 23.0 Å². The van der Waals surface area contributed by atoms with Gasteiger partial charge in [-0.15, -0.1) is 11.8 Å². The van der Waals surface area contributed by atoms with Crippen LogP contribution in [0, 0.1) is 0 Å². The zero-order valence-corrected chi connectivity index (χ0v) is 16.1. The third-order valence-electron chi connectivity index (χ3n) is 3.87. The van der Waals surface area contributed by atoms with Crippen molar-refractivity contribution >= 4 is 52.5 Å². The highest BCUT2D eigenvalue weighted by atomic mass is 35.5. The molecule has 1 aliphatic rings. The first-order valence-corrected chi connectivity index (χ1v) is 9.57. The summed E-state index contributed by atoms with van der Waals surface area (Å²) in [4.78, 5) is 36.5. The number of nitrogens with one attached hydrogen (secondary N) is 3. The van der Waals surface area contributed by atoms with Crippen LogP contribution in [0.5, 0.6) is 0 Å². The number of hydrogen-bond donors (Lipinski definition) is 3. The lowest BCUT2D eigenvalue weighted by Gasteiger charge is -2.23. The highest BCUT2D eigenvalue weighted by molar-refractivity contribution is 8.01. The number of rotatable bonds is 5. The van der Waals surface area contributed by atoms with Gasteiger partial charge < -0.3 is 16.0 Å². The van der Waals surface area contributed by atoms with Gasteiger partial charge in [0.15, 0.2) is 0 Å². The second-order valence-corrected chi connectivity index (χ2v) is 7.78. The predicted octanol–water partition coefficient (Wildman–Crippen LogP) is 3.42. The zero-order valence-electron chi connectivity index (χ0n) is 14.5. The monoisotopic (exact) mass is 403 g/mol. The Balaban J connectivity index is 1.56. The van der Waals surface area contributed by atoms with Crippen molar-refractivity contribution in [1.82, 2.24) is 5.32 Å². The molecule has 3 rings (SSSR count). The van der Waals surface area contributed by atoms with E-state index in [1.54, 1.807) is 30.3 Å². The molecule has 0 aromatic heterocycles. The third-order valence-corrected chi connectivity index (χ3v) is 5.38. The van der Waals surface area contributed by atoms with Crippen molar-refractivity contribution in [2.75, 3.05) is 10.6 Å². The maximum absolute atomic E-state index is 12.3. The van der Waals surface area contributed by atoms with Gasteiger partial charge in [-0.2, -0.15) is 0 Å². The fourth-order valence-electron chi connectivity index (χ4n) is 2.66. The number of hydrogen-bond acceptors (Lipinski definition) is 4. The Morgan fingerprint density at radius 2 is 2.04 bits per heavy atom. The molecule has 0 spiro atoms. The number of halogens is 1. The van der Waals surface area contributed by atoms with Crippen LogP contribution in [0.25, 0.3) is 0 Å². The lowest BCUT2D eigenvalue weighted by molar-refractivity contribution is -0.124. The minimum absolute atomic E-state index is 0.0734. The van der Waals surface area contributed by atoms with Crippen LogP contribution in [0.2, 0.25) is 5.02 Å². The molecule has 0 saturated carbocycles. The van der Waals surface area contributed by atoms with Gasteiger partial charge in [0.1, 0.15) is 0 Å². The van der Waals surface area contributed by atoms with Crippen LogP contribution < -0.4 is 16.0 Å². The molecule has 8 heteroatoms. The number of amides is 3. The molecule has 6 nitrogen and oxygen atoms in total. The lowest BCUT2D eigenvalue weighted by Crippen LogP contribution is -2.34. The van der Waals surface area contributed by atoms with Crippen molar-refractivity contribution in [1.29, 1.82) is 0 Å². The van der Waals surface area contributed by atoms with Crippen molar-refractivity contribution < 1.29 is 14.4 Å². The van der Waals surface area contributed by atoms with Gasteiger partial charge in [0.2, 0.25) is 17.7 Å². The summed E-state index contributed by atoms with van der Waals surface area (Å²) in [6.45, 7) is 1.75. The van der Waals surface area contributed by atoms with Gasteiger partial charge in [-0.3, -0.25) is 14.4 Å². The van der Waals surface area contributed by atoms with Crippen LogP contribution in [0.3, 0.4) is 0 Å². The Labute approximate surface area is 166 Å². The molecule has 2 aromatic carbocycles. The highest BCUT2D eigenvalue weighted by Crippen LogP contribution is 2.38. The second kappa shape index (κ2) is 8.45. The first-order chi connectivity index (χ1) is 12.9. The minimum atomic E-state index is -0.496. The largest absolute Gasteiger partial charge is 0.352 e.